The van der Waals surface area contributed by atoms with Crippen molar-refractivity contribution in [3.05, 3.63) is 59.2 Å². The molecule has 0 amide bonds. The van der Waals surface area contributed by atoms with Gasteiger partial charge in [0, 0.05) is 17.6 Å². The average molecular weight is 338 g/mol. The molecule has 20 heavy (non-hydrogen) atoms. The molecule has 0 unspecified atom stereocenters. The zero-order valence-electron chi connectivity index (χ0n) is 10.9. The first-order valence-electron chi connectivity index (χ1n) is 6.60. The van der Waals surface area contributed by atoms with E-state index in [0.29, 0.717) is 17.4 Å². The summed E-state index contributed by atoms with van der Waals surface area (Å²) in [7, 11) is 0. The predicted octanol–water partition coefficient (Wildman–Crippen LogP) is 4.94. The zero-order valence-corrected chi connectivity index (χ0v) is 12.5. The Labute approximate surface area is 125 Å². The molecule has 1 aliphatic heterocycles. The number of para-hydroxylation sites is 1. The molecule has 0 N–H and O–H groups in total. The summed E-state index contributed by atoms with van der Waals surface area (Å²) in [5, 5.41) is 0.442. The molecule has 0 saturated carbocycles. The van der Waals surface area contributed by atoms with E-state index in [9.17, 15) is 8.78 Å². The SMILES string of the molecule is Fc1cc(CBr)cc(F)c1N1CCCc2ccccc21. The van der Waals surface area contributed by atoms with E-state index in [-0.39, 0.29) is 5.69 Å². The van der Waals surface area contributed by atoms with E-state index in [1.165, 1.54) is 12.1 Å². The maximum Gasteiger partial charge on any atom is 0.150 e. The standard InChI is InChI=1S/C16H14BrF2N/c17-10-11-8-13(18)16(14(19)9-11)20-7-3-5-12-4-1-2-6-15(12)20/h1-2,4,6,8-9H,3,5,7,10H2. The Bertz CT molecular complexity index is 619. The average Bonchev–Trinajstić information content (AvgIpc) is 2.46. The quantitative estimate of drug-likeness (QED) is 0.701. The lowest BCUT2D eigenvalue weighted by atomic mass is 10.0. The van der Waals surface area contributed by atoms with Gasteiger partial charge in [-0.2, -0.15) is 0 Å². The van der Waals surface area contributed by atoms with E-state index in [1.54, 1.807) is 4.90 Å². The number of alkyl halides is 1. The molecule has 0 atom stereocenters. The molecule has 2 aromatic carbocycles. The van der Waals surface area contributed by atoms with Gasteiger partial charge in [-0.25, -0.2) is 8.78 Å². The van der Waals surface area contributed by atoms with Crippen molar-refractivity contribution in [2.75, 3.05) is 11.4 Å². The topological polar surface area (TPSA) is 3.24 Å². The second kappa shape index (κ2) is 5.52. The molecule has 4 heteroatoms. The Morgan fingerprint density at radius 1 is 1.10 bits per heavy atom. The van der Waals surface area contributed by atoms with Crippen LogP contribution < -0.4 is 4.90 Å². The molecule has 0 saturated heterocycles. The number of benzene rings is 2. The van der Waals surface area contributed by atoms with E-state index < -0.39 is 11.6 Å². The summed E-state index contributed by atoms with van der Waals surface area (Å²) >= 11 is 3.23. The van der Waals surface area contributed by atoms with Crippen molar-refractivity contribution >= 4 is 27.3 Å². The van der Waals surface area contributed by atoms with Crippen LogP contribution >= 0.6 is 15.9 Å². The van der Waals surface area contributed by atoms with E-state index in [2.05, 4.69) is 15.9 Å². The minimum atomic E-state index is -0.504. The maximum absolute atomic E-state index is 14.3. The number of hydrogen-bond acceptors (Lipinski definition) is 1. The van der Waals surface area contributed by atoms with Crippen LogP contribution in [0.2, 0.25) is 0 Å². The smallest absolute Gasteiger partial charge is 0.150 e. The second-order valence-corrected chi connectivity index (χ2v) is 5.49. The molecule has 0 bridgehead atoms. The Hall–Kier alpha value is -1.42. The van der Waals surface area contributed by atoms with Gasteiger partial charge in [0.1, 0.15) is 17.3 Å². The molecule has 0 fully saturated rings. The minimum absolute atomic E-state index is 0.0573. The highest BCUT2D eigenvalue weighted by Crippen LogP contribution is 2.36. The van der Waals surface area contributed by atoms with Crippen LogP contribution in [-0.2, 0) is 11.8 Å². The van der Waals surface area contributed by atoms with Crippen molar-refractivity contribution in [3.8, 4) is 0 Å². The number of nitrogens with zero attached hydrogens (tertiary/aromatic N) is 1. The van der Waals surface area contributed by atoms with Gasteiger partial charge < -0.3 is 4.90 Å². The summed E-state index contributed by atoms with van der Waals surface area (Å²) in [5.41, 5.74) is 2.71. The van der Waals surface area contributed by atoms with E-state index in [0.717, 1.165) is 24.1 Å². The van der Waals surface area contributed by atoms with Crippen molar-refractivity contribution in [2.45, 2.75) is 18.2 Å². The summed E-state index contributed by atoms with van der Waals surface area (Å²) in [6.07, 6.45) is 1.85. The Kier molecular flexibility index (Phi) is 3.74. The summed E-state index contributed by atoms with van der Waals surface area (Å²) in [6, 6.07) is 10.6. The molecular weight excluding hydrogens is 324 g/mol. The lowest BCUT2D eigenvalue weighted by molar-refractivity contribution is 0.574. The molecule has 1 heterocycles. The first kappa shape index (κ1) is 13.6. The fraction of sp³-hybridized carbons (Fsp3) is 0.250. The van der Waals surface area contributed by atoms with Crippen molar-refractivity contribution in [2.24, 2.45) is 0 Å². The molecule has 104 valence electrons. The highest BCUT2D eigenvalue weighted by Gasteiger charge is 2.23. The van der Waals surface area contributed by atoms with Gasteiger partial charge in [-0.05, 0) is 42.2 Å². The maximum atomic E-state index is 14.3. The van der Waals surface area contributed by atoms with E-state index >= 15 is 0 Å². The van der Waals surface area contributed by atoms with Crippen molar-refractivity contribution in [3.63, 3.8) is 0 Å². The monoisotopic (exact) mass is 337 g/mol. The van der Waals surface area contributed by atoms with Crippen molar-refractivity contribution in [1.82, 2.24) is 0 Å². The van der Waals surface area contributed by atoms with Gasteiger partial charge in [0.2, 0.25) is 0 Å². The molecule has 3 rings (SSSR count). The lowest BCUT2D eigenvalue weighted by Crippen LogP contribution is -2.26. The number of anilines is 2. The lowest BCUT2D eigenvalue weighted by Gasteiger charge is -2.31. The van der Waals surface area contributed by atoms with Crippen LogP contribution in [-0.4, -0.2) is 6.54 Å². The Balaban J connectivity index is 2.11. The van der Waals surface area contributed by atoms with Gasteiger partial charge in [-0.3, -0.25) is 0 Å². The molecule has 0 aliphatic carbocycles. The summed E-state index contributed by atoms with van der Waals surface area (Å²) < 4.78 is 28.5. The first-order chi connectivity index (χ1) is 9.70. The van der Waals surface area contributed by atoms with Gasteiger partial charge in [-0.1, -0.05) is 34.1 Å². The number of fused-ring (bicyclic) bond motifs is 1. The number of halogens is 3. The van der Waals surface area contributed by atoms with E-state index in [1.807, 2.05) is 24.3 Å². The van der Waals surface area contributed by atoms with Crippen LogP contribution in [0.1, 0.15) is 17.5 Å². The minimum Gasteiger partial charge on any atom is -0.336 e. The fourth-order valence-electron chi connectivity index (χ4n) is 2.72. The Morgan fingerprint density at radius 2 is 1.80 bits per heavy atom. The number of hydrogen-bond donors (Lipinski definition) is 0. The molecule has 0 aromatic heterocycles. The largest absolute Gasteiger partial charge is 0.336 e. The first-order valence-corrected chi connectivity index (χ1v) is 7.72. The molecule has 1 nitrogen and oxygen atoms in total. The highest BCUT2D eigenvalue weighted by molar-refractivity contribution is 9.08. The number of aryl methyl sites for hydroxylation is 1. The van der Waals surface area contributed by atoms with Gasteiger partial charge in [-0.15, -0.1) is 0 Å². The Morgan fingerprint density at radius 3 is 2.50 bits per heavy atom. The van der Waals surface area contributed by atoms with Crippen LogP contribution in [0.3, 0.4) is 0 Å². The number of rotatable bonds is 2. The van der Waals surface area contributed by atoms with Gasteiger partial charge >= 0.3 is 0 Å². The highest BCUT2D eigenvalue weighted by atomic mass is 79.9. The van der Waals surface area contributed by atoms with Crippen molar-refractivity contribution in [1.29, 1.82) is 0 Å². The van der Waals surface area contributed by atoms with Crippen LogP contribution in [0.25, 0.3) is 0 Å². The van der Waals surface area contributed by atoms with Crippen molar-refractivity contribution < 1.29 is 8.78 Å². The normalized spacial score (nSPS) is 14.2. The van der Waals surface area contributed by atoms with E-state index in [4.69, 9.17) is 0 Å². The van der Waals surface area contributed by atoms with Gasteiger partial charge in [0.05, 0.1) is 0 Å². The third kappa shape index (κ3) is 2.33. The predicted molar refractivity (Wildman–Crippen MR) is 80.8 cm³/mol. The van der Waals surface area contributed by atoms with Crippen LogP contribution in [0.15, 0.2) is 36.4 Å². The van der Waals surface area contributed by atoms with Crippen LogP contribution in [0.5, 0.6) is 0 Å². The molecule has 1 aliphatic rings. The molecule has 0 spiro atoms. The molecule has 2 aromatic rings. The summed E-state index contributed by atoms with van der Waals surface area (Å²) in [4.78, 5) is 1.75. The van der Waals surface area contributed by atoms with Gasteiger partial charge in [0.25, 0.3) is 0 Å². The summed E-state index contributed by atoms with van der Waals surface area (Å²) in [6.45, 7) is 0.637. The van der Waals surface area contributed by atoms with Crippen LogP contribution in [0, 0.1) is 11.6 Å². The third-order valence-corrected chi connectivity index (χ3v) is 4.26. The summed E-state index contributed by atoms with van der Waals surface area (Å²) in [5.74, 6) is -1.01. The van der Waals surface area contributed by atoms with Crippen LogP contribution in [0.4, 0.5) is 20.2 Å². The second-order valence-electron chi connectivity index (χ2n) is 4.93. The molecule has 0 radical (unpaired) electrons. The third-order valence-electron chi connectivity index (χ3n) is 3.61. The van der Waals surface area contributed by atoms with Gasteiger partial charge in [0.15, 0.2) is 0 Å². The zero-order chi connectivity index (χ0) is 14.1. The molecular formula is C16H14BrF2N. The fourth-order valence-corrected chi connectivity index (χ4v) is 3.04.